The Morgan fingerprint density at radius 3 is 0.800 bits per heavy atom. The van der Waals surface area contributed by atoms with Gasteiger partial charge in [0.05, 0.1) is 0 Å². The molecule has 0 atom stereocenters. The third-order valence-electron chi connectivity index (χ3n) is 1.13. The van der Waals surface area contributed by atoms with E-state index >= 15 is 0 Å². The quantitative estimate of drug-likeness (QED) is 0.465. The first-order valence-electron chi connectivity index (χ1n) is 3.70. The summed E-state index contributed by atoms with van der Waals surface area (Å²) >= 11 is 0. The van der Waals surface area contributed by atoms with Crippen LogP contribution >= 0.6 is 0 Å². The van der Waals surface area contributed by atoms with E-state index in [2.05, 4.69) is 9.97 Å². The molecule has 0 saturated heterocycles. The van der Waals surface area contributed by atoms with Crippen molar-refractivity contribution in [3.05, 3.63) is 61.2 Å². The van der Waals surface area contributed by atoms with Crippen molar-refractivity contribution in [1.29, 1.82) is 0 Å². The number of pyridine rings is 2. The van der Waals surface area contributed by atoms with Crippen LogP contribution in [0.4, 0.5) is 0 Å². The molecule has 0 saturated carbocycles. The summed E-state index contributed by atoms with van der Waals surface area (Å²) < 4.78 is 0. The standard InChI is InChI=1S/2C5H5N.2ClH.Cu/c2*1-2-4-6-5-3-1;;;/h2*1-5H;2*1H;/q;;;;+1/p-2. The molecule has 86 valence electrons. The van der Waals surface area contributed by atoms with E-state index in [1.807, 2.05) is 36.4 Å². The van der Waals surface area contributed by atoms with E-state index in [0.717, 1.165) is 0 Å². The molecule has 0 radical (unpaired) electrons. The van der Waals surface area contributed by atoms with Crippen molar-refractivity contribution in [2.45, 2.75) is 0 Å². The summed E-state index contributed by atoms with van der Waals surface area (Å²) in [4.78, 5) is 7.57. The molecule has 5 heteroatoms. The van der Waals surface area contributed by atoms with Crippen LogP contribution in [0.1, 0.15) is 0 Å². The Balaban J connectivity index is -0.000000160. The zero-order valence-corrected chi connectivity index (χ0v) is 10.2. The third-order valence-corrected chi connectivity index (χ3v) is 1.13. The molecule has 0 spiro atoms. The molecule has 0 aliphatic heterocycles. The molecule has 2 aromatic rings. The fraction of sp³-hybridized carbons (Fsp3) is 0. The monoisotopic (exact) mass is 291 g/mol. The van der Waals surface area contributed by atoms with Crippen molar-refractivity contribution >= 4 is 0 Å². The van der Waals surface area contributed by atoms with Crippen LogP contribution in [-0.2, 0) is 17.1 Å². The molecule has 2 heterocycles. The van der Waals surface area contributed by atoms with Crippen molar-refractivity contribution in [2.75, 3.05) is 0 Å². The fourth-order valence-corrected chi connectivity index (χ4v) is 0.625. The molecular formula is C10H10Cl2CuN2-. The van der Waals surface area contributed by atoms with E-state index in [9.17, 15) is 0 Å². The predicted molar refractivity (Wildman–Crippen MR) is 48.5 cm³/mol. The first-order valence-corrected chi connectivity index (χ1v) is 3.70. The average Bonchev–Trinajstić information content (AvgIpc) is 2.24. The van der Waals surface area contributed by atoms with Gasteiger partial charge in [0.15, 0.2) is 0 Å². The number of hydrogen-bond acceptors (Lipinski definition) is 2. The van der Waals surface area contributed by atoms with Crippen molar-refractivity contribution in [1.82, 2.24) is 9.97 Å². The third kappa shape index (κ3) is 13.4. The summed E-state index contributed by atoms with van der Waals surface area (Å²) in [5.41, 5.74) is 0. The van der Waals surface area contributed by atoms with Crippen LogP contribution in [0.15, 0.2) is 61.2 Å². The van der Waals surface area contributed by atoms with E-state index in [-0.39, 0.29) is 41.9 Å². The summed E-state index contributed by atoms with van der Waals surface area (Å²) in [6.07, 6.45) is 7.00. The van der Waals surface area contributed by atoms with Gasteiger partial charge < -0.3 is 24.8 Å². The zero-order chi connectivity index (χ0) is 8.49. The van der Waals surface area contributed by atoms with E-state index < -0.39 is 0 Å². The van der Waals surface area contributed by atoms with Crippen LogP contribution in [-0.4, -0.2) is 9.97 Å². The molecule has 0 amide bonds. The normalized spacial score (nSPS) is 6.40. The second kappa shape index (κ2) is 15.9. The van der Waals surface area contributed by atoms with E-state index in [1.54, 1.807) is 24.8 Å². The van der Waals surface area contributed by atoms with E-state index in [1.165, 1.54) is 0 Å². The first-order chi connectivity index (χ1) is 6.00. The van der Waals surface area contributed by atoms with Crippen molar-refractivity contribution < 1.29 is 41.9 Å². The minimum atomic E-state index is 0. The number of nitrogens with zero attached hydrogens (tertiary/aromatic N) is 2. The van der Waals surface area contributed by atoms with Crippen LogP contribution < -0.4 is 24.8 Å². The summed E-state index contributed by atoms with van der Waals surface area (Å²) in [6, 6.07) is 11.4. The summed E-state index contributed by atoms with van der Waals surface area (Å²) in [5.74, 6) is 0. The number of rotatable bonds is 0. The second-order valence-electron chi connectivity index (χ2n) is 2.05. The van der Waals surface area contributed by atoms with Crippen LogP contribution in [0.2, 0.25) is 0 Å². The Kier molecular flexibility index (Phi) is 21.0. The summed E-state index contributed by atoms with van der Waals surface area (Å²) in [6.45, 7) is 0. The molecule has 0 unspecified atom stereocenters. The zero-order valence-electron chi connectivity index (χ0n) is 7.73. The van der Waals surface area contributed by atoms with Crippen molar-refractivity contribution in [3.63, 3.8) is 0 Å². The van der Waals surface area contributed by atoms with E-state index in [0.29, 0.717) is 0 Å². The van der Waals surface area contributed by atoms with Gasteiger partial charge in [0, 0.05) is 24.8 Å². The molecule has 2 aromatic heterocycles. The minimum Gasteiger partial charge on any atom is -1.00 e. The molecule has 0 aliphatic rings. The summed E-state index contributed by atoms with van der Waals surface area (Å²) in [7, 11) is 0. The molecule has 0 fully saturated rings. The molecule has 0 aromatic carbocycles. The molecule has 2 rings (SSSR count). The maximum absolute atomic E-state index is 3.78. The maximum Gasteiger partial charge on any atom is 1.00 e. The van der Waals surface area contributed by atoms with Gasteiger partial charge in [-0.25, -0.2) is 0 Å². The fourth-order valence-electron chi connectivity index (χ4n) is 0.625. The van der Waals surface area contributed by atoms with Crippen molar-refractivity contribution in [2.24, 2.45) is 0 Å². The second-order valence-corrected chi connectivity index (χ2v) is 2.05. The first kappa shape index (κ1) is 19.9. The van der Waals surface area contributed by atoms with Crippen LogP contribution in [0, 0.1) is 0 Å². The topological polar surface area (TPSA) is 25.8 Å². The van der Waals surface area contributed by atoms with Gasteiger partial charge in [0.1, 0.15) is 0 Å². The van der Waals surface area contributed by atoms with Gasteiger partial charge in [-0.1, -0.05) is 12.1 Å². The molecule has 0 bridgehead atoms. The molecular weight excluding hydrogens is 283 g/mol. The Hall–Kier alpha value is -0.601. The largest absolute Gasteiger partial charge is 1.00 e. The number of hydrogen-bond donors (Lipinski definition) is 0. The maximum atomic E-state index is 3.78. The van der Waals surface area contributed by atoms with Crippen molar-refractivity contribution in [3.8, 4) is 0 Å². The van der Waals surface area contributed by atoms with Gasteiger partial charge in [-0.05, 0) is 24.3 Å². The SMILES string of the molecule is [Cl-].[Cl-].[Cu+].c1ccncc1.c1ccncc1. The van der Waals surface area contributed by atoms with Gasteiger partial charge in [-0.2, -0.15) is 0 Å². The number of halogens is 2. The average molecular weight is 293 g/mol. The Bertz CT molecular complexity index is 197. The Labute approximate surface area is 113 Å². The molecule has 0 N–H and O–H groups in total. The van der Waals surface area contributed by atoms with Gasteiger partial charge in [-0.15, -0.1) is 0 Å². The van der Waals surface area contributed by atoms with Gasteiger partial charge in [0.2, 0.25) is 0 Å². The molecule has 2 nitrogen and oxygen atoms in total. The van der Waals surface area contributed by atoms with Gasteiger partial charge in [0.25, 0.3) is 0 Å². The van der Waals surface area contributed by atoms with Gasteiger partial charge in [-0.3, -0.25) is 9.97 Å². The van der Waals surface area contributed by atoms with Gasteiger partial charge >= 0.3 is 17.1 Å². The number of aromatic nitrogens is 2. The summed E-state index contributed by atoms with van der Waals surface area (Å²) in [5, 5.41) is 0. The van der Waals surface area contributed by atoms with Crippen LogP contribution in [0.25, 0.3) is 0 Å². The van der Waals surface area contributed by atoms with E-state index in [4.69, 9.17) is 0 Å². The smallest absolute Gasteiger partial charge is 1.00 e. The Morgan fingerprint density at radius 1 is 0.467 bits per heavy atom. The molecule has 15 heavy (non-hydrogen) atoms. The predicted octanol–water partition coefficient (Wildman–Crippen LogP) is -3.83. The van der Waals surface area contributed by atoms with Crippen LogP contribution in [0.5, 0.6) is 0 Å². The minimum absolute atomic E-state index is 0. The molecule has 0 aliphatic carbocycles. The Morgan fingerprint density at radius 2 is 0.733 bits per heavy atom. The van der Waals surface area contributed by atoms with Crippen LogP contribution in [0.3, 0.4) is 0 Å².